The largest absolute Gasteiger partial charge is 0.372 e. The molecule has 1 amide bonds. The predicted molar refractivity (Wildman–Crippen MR) is 112 cm³/mol. The van der Waals surface area contributed by atoms with Gasteiger partial charge in [0.1, 0.15) is 11.1 Å². The van der Waals surface area contributed by atoms with E-state index in [0.717, 1.165) is 55.6 Å². The zero-order valence-electron chi connectivity index (χ0n) is 15.8. The van der Waals surface area contributed by atoms with Crippen LogP contribution in [-0.4, -0.2) is 71.5 Å². The van der Waals surface area contributed by atoms with E-state index in [0.29, 0.717) is 6.61 Å². The van der Waals surface area contributed by atoms with Gasteiger partial charge in [-0.25, -0.2) is 4.98 Å². The Morgan fingerprint density at radius 2 is 2.12 bits per heavy atom. The minimum Gasteiger partial charge on any atom is -0.372 e. The maximum absolute atomic E-state index is 12.4. The molecular weight excluding hydrogens is 392 g/mol. The number of piperazine rings is 1. The summed E-state index contributed by atoms with van der Waals surface area (Å²) in [6.45, 7) is 8.80. The number of carbonyl (C=O) groups excluding carboxylic acids is 1. The monoisotopic (exact) mass is 422 g/mol. The van der Waals surface area contributed by atoms with E-state index in [1.165, 1.54) is 0 Å². The molecular formula is C17H31ClN4O2S2. The molecule has 2 N–H and O–H groups in total. The Labute approximate surface area is 171 Å². The number of nitrogens with zero attached hydrogens (tertiary/aromatic N) is 3. The molecule has 0 aliphatic carbocycles. The van der Waals surface area contributed by atoms with Crippen molar-refractivity contribution in [1.29, 1.82) is 0 Å². The normalized spacial score (nSPS) is 17.6. The molecule has 1 aromatic heterocycles. The summed E-state index contributed by atoms with van der Waals surface area (Å²) in [7, 11) is 0. The van der Waals surface area contributed by atoms with E-state index in [1.54, 1.807) is 23.1 Å². The Morgan fingerprint density at radius 3 is 2.73 bits per heavy atom. The Balaban J connectivity index is 0.00000338. The van der Waals surface area contributed by atoms with E-state index in [9.17, 15) is 4.79 Å². The highest BCUT2D eigenvalue weighted by Crippen LogP contribution is 2.22. The highest BCUT2D eigenvalue weighted by atomic mass is 35.5. The van der Waals surface area contributed by atoms with Crippen LogP contribution in [-0.2, 0) is 16.1 Å². The van der Waals surface area contributed by atoms with E-state index in [-0.39, 0.29) is 30.5 Å². The van der Waals surface area contributed by atoms with Crippen LogP contribution in [0.1, 0.15) is 37.1 Å². The van der Waals surface area contributed by atoms with E-state index >= 15 is 0 Å². The second-order valence-electron chi connectivity index (χ2n) is 6.26. The molecule has 2 rings (SSSR count). The molecule has 1 fully saturated rings. The standard InChI is InChI=1S/C17H30N4O2S2.ClH/c1-4-23-13(2)16-19-14(12-25-16)11-20-6-8-21(9-7-20)17(22)15(18)5-10-24-3;/h12-13,15H,4-11,18H2,1-3H3;1H/t13?,15-;/m0./s1. The van der Waals surface area contributed by atoms with Crippen molar-refractivity contribution in [3.05, 3.63) is 16.1 Å². The molecule has 0 bridgehead atoms. The lowest BCUT2D eigenvalue weighted by Gasteiger charge is -2.35. The third-order valence-corrected chi connectivity index (χ3v) is 6.05. The van der Waals surface area contributed by atoms with Crippen LogP contribution in [0.5, 0.6) is 0 Å². The van der Waals surface area contributed by atoms with Gasteiger partial charge < -0.3 is 15.4 Å². The molecule has 0 saturated carbocycles. The molecule has 150 valence electrons. The minimum absolute atomic E-state index is 0. The molecule has 26 heavy (non-hydrogen) atoms. The minimum atomic E-state index is -0.361. The Hall–Kier alpha value is -0.380. The van der Waals surface area contributed by atoms with Gasteiger partial charge in [-0.3, -0.25) is 9.69 Å². The summed E-state index contributed by atoms with van der Waals surface area (Å²) in [5, 5.41) is 3.14. The highest BCUT2D eigenvalue weighted by Gasteiger charge is 2.25. The fraction of sp³-hybridized carbons (Fsp3) is 0.765. The SMILES string of the molecule is CCOC(C)c1nc(CN2CCN(C(=O)[C@@H](N)CCSC)CC2)cs1.Cl. The van der Waals surface area contributed by atoms with E-state index in [4.69, 9.17) is 10.5 Å². The molecule has 1 aliphatic rings. The van der Waals surface area contributed by atoms with Crippen LogP contribution in [0, 0.1) is 0 Å². The Morgan fingerprint density at radius 1 is 1.42 bits per heavy atom. The summed E-state index contributed by atoms with van der Waals surface area (Å²) in [4.78, 5) is 21.3. The van der Waals surface area contributed by atoms with E-state index < -0.39 is 0 Å². The van der Waals surface area contributed by atoms with Crippen LogP contribution >= 0.6 is 35.5 Å². The Bertz CT molecular complexity index is 539. The van der Waals surface area contributed by atoms with E-state index in [1.807, 2.05) is 25.0 Å². The number of halogens is 1. The number of thioether (sulfide) groups is 1. The lowest BCUT2D eigenvalue weighted by Crippen LogP contribution is -2.53. The molecule has 0 spiro atoms. The maximum atomic E-state index is 12.4. The van der Waals surface area contributed by atoms with Gasteiger partial charge in [0.05, 0.1) is 11.7 Å². The van der Waals surface area contributed by atoms with Crippen molar-refractivity contribution in [3.63, 3.8) is 0 Å². The van der Waals surface area contributed by atoms with Gasteiger partial charge in [0, 0.05) is 44.7 Å². The van der Waals surface area contributed by atoms with Crippen molar-refractivity contribution < 1.29 is 9.53 Å². The molecule has 1 aromatic rings. The van der Waals surface area contributed by atoms with Crippen LogP contribution in [0.2, 0.25) is 0 Å². The number of rotatable bonds is 9. The summed E-state index contributed by atoms with van der Waals surface area (Å²) in [6, 6.07) is -0.361. The molecule has 1 unspecified atom stereocenters. The van der Waals surface area contributed by atoms with Crippen molar-refractivity contribution in [2.75, 3.05) is 44.8 Å². The number of hydrogen-bond donors (Lipinski definition) is 1. The van der Waals surface area contributed by atoms with Crippen molar-refractivity contribution >= 4 is 41.4 Å². The second kappa shape index (κ2) is 12.2. The molecule has 1 saturated heterocycles. The summed E-state index contributed by atoms with van der Waals surface area (Å²) < 4.78 is 5.60. The first-order valence-electron chi connectivity index (χ1n) is 8.86. The molecule has 0 radical (unpaired) electrons. The third kappa shape index (κ3) is 6.98. The first-order chi connectivity index (χ1) is 12.0. The zero-order valence-corrected chi connectivity index (χ0v) is 18.3. The quantitative estimate of drug-likeness (QED) is 0.658. The molecule has 6 nitrogen and oxygen atoms in total. The van der Waals surface area contributed by atoms with Crippen molar-refractivity contribution in [2.24, 2.45) is 5.73 Å². The first-order valence-corrected chi connectivity index (χ1v) is 11.1. The Kier molecular flexibility index (Phi) is 11.1. The second-order valence-corrected chi connectivity index (χ2v) is 8.14. The summed E-state index contributed by atoms with van der Waals surface area (Å²) in [6.07, 6.45) is 2.84. The van der Waals surface area contributed by atoms with Crippen LogP contribution in [0.4, 0.5) is 0 Å². The maximum Gasteiger partial charge on any atom is 0.239 e. The molecule has 1 aliphatic heterocycles. The molecule has 0 aromatic carbocycles. The van der Waals surface area contributed by atoms with Gasteiger partial charge >= 0.3 is 0 Å². The van der Waals surface area contributed by atoms with Gasteiger partial charge in [0.2, 0.25) is 5.91 Å². The number of thiazole rings is 1. The van der Waals surface area contributed by atoms with Gasteiger partial charge in [0.15, 0.2) is 0 Å². The van der Waals surface area contributed by atoms with Gasteiger partial charge in [-0.2, -0.15) is 11.8 Å². The average molecular weight is 423 g/mol. The topological polar surface area (TPSA) is 71.7 Å². The van der Waals surface area contributed by atoms with Crippen molar-refractivity contribution in [3.8, 4) is 0 Å². The predicted octanol–water partition coefficient (Wildman–Crippen LogP) is 2.39. The van der Waals surface area contributed by atoms with Crippen LogP contribution < -0.4 is 5.73 Å². The zero-order chi connectivity index (χ0) is 18.2. The summed E-state index contributed by atoms with van der Waals surface area (Å²) in [5.41, 5.74) is 7.10. The molecule has 2 heterocycles. The highest BCUT2D eigenvalue weighted by molar-refractivity contribution is 7.98. The fourth-order valence-corrected chi connectivity index (χ4v) is 4.16. The lowest BCUT2D eigenvalue weighted by molar-refractivity contribution is -0.134. The number of carbonyl (C=O) groups is 1. The van der Waals surface area contributed by atoms with Gasteiger partial charge in [0.25, 0.3) is 0 Å². The lowest BCUT2D eigenvalue weighted by atomic mass is 10.2. The van der Waals surface area contributed by atoms with E-state index in [2.05, 4.69) is 15.3 Å². The molecule has 9 heteroatoms. The van der Waals surface area contributed by atoms with Crippen molar-refractivity contribution in [1.82, 2.24) is 14.8 Å². The first kappa shape index (κ1) is 23.7. The molecule has 2 atom stereocenters. The smallest absolute Gasteiger partial charge is 0.239 e. The van der Waals surface area contributed by atoms with Crippen molar-refractivity contribution in [2.45, 2.75) is 39.0 Å². The third-order valence-electron chi connectivity index (χ3n) is 4.35. The number of amides is 1. The number of aromatic nitrogens is 1. The van der Waals surface area contributed by atoms with Gasteiger partial charge in [-0.05, 0) is 32.3 Å². The van der Waals surface area contributed by atoms with Gasteiger partial charge in [-0.1, -0.05) is 0 Å². The van der Waals surface area contributed by atoms with Crippen LogP contribution in [0.15, 0.2) is 5.38 Å². The number of hydrogen-bond acceptors (Lipinski definition) is 7. The van der Waals surface area contributed by atoms with Crippen LogP contribution in [0.25, 0.3) is 0 Å². The van der Waals surface area contributed by atoms with Gasteiger partial charge in [-0.15, -0.1) is 23.7 Å². The fourth-order valence-electron chi connectivity index (χ4n) is 2.86. The van der Waals surface area contributed by atoms with Crippen LogP contribution in [0.3, 0.4) is 0 Å². The summed E-state index contributed by atoms with van der Waals surface area (Å²) in [5.74, 6) is 1.02. The number of nitrogens with two attached hydrogens (primary N) is 1. The number of ether oxygens (including phenoxy) is 1. The summed E-state index contributed by atoms with van der Waals surface area (Å²) >= 11 is 3.39. The average Bonchev–Trinajstić information content (AvgIpc) is 3.08.